The zero-order chi connectivity index (χ0) is 15.3. The van der Waals surface area contributed by atoms with E-state index in [4.69, 9.17) is 0 Å². The topological polar surface area (TPSA) is 94.5 Å². The molecule has 3 aliphatic carbocycles. The molecule has 2 fully saturated rings. The number of rotatable bonds is 3. The van der Waals surface area contributed by atoms with Crippen LogP contribution in [0.25, 0.3) is 0 Å². The summed E-state index contributed by atoms with van der Waals surface area (Å²) in [4.78, 5) is 17.7. The van der Waals surface area contributed by atoms with E-state index >= 15 is 0 Å². The number of aryl methyl sites for hydroxylation is 2. The molecule has 5 atom stereocenters. The van der Waals surface area contributed by atoms with E-state index in [1.54, 1.807) is 11.3 Å². The Hall–Kier alpha value is -1.18. The number of carbonyl (C=O) groups excluding carboxylic acids is 1. The van der Waals surface area contributed by atoms with Gasteiger partial charge in [-0.15, -0.1) is 11.3 Å². The van der Waals surface area contributed by atoms with Crippen molar-refractivity contribution in [3.63, 3.8) is 0 Å². The first kappa shape index (κ1) is 14.4. The molecule has 1 aromatic rings. The first-order valence-electron chi connectivity index (χ1n) is 8.01. The summed E-state index contributed by atoms with van der Waals surface area (Å²) in [7, 11) is 0. The summed E-state index contributed by atoms with van der Waals surface area (Å²) in [5.41, 5.74) is 1.13. The molecule has 0 spiro atoms. The molecular weight excluding hydrogens is 302 g/mol. The van der Waals surface area contributed by atoms with Gasteiger partial charge in [0, 0.05) is 11.4 Å². The Morgan fingerprint density at radius 3 is 2.86 bits per heavy atom. The lowest BCUT2D eigenvalue weighted by Gasteiger charge is -2.29. The van der Waals surface area contributed by atoms with E-state index in [2.05, 4.69) is 15.6 Å². The first-order valence-corrected chi connectivity index (χ1v) is 8.83. The number of aromatic nitrogens is 1. The van der Waals surface area contributed by atoms with Crippen LogP contribution in [-0.4, -0.2) is 40.0 Å². The Kier molecular flexibility index (Phi) is 3.58. The molecular formula is C15H21N3O3S. The van der Waals surface area contributed by atoms with Crippen LogP contribution in [0.1, 0.15) is 29.8 Å². The average Bonchev–Trinajstić information content (AvgIpc) is 3.20. The zero-order valence-electron chi connectivity index (χ0n) is 12.3. The van der Waals surface area contributed by atoms with Crippen LogP contribution in [0.15, 0.2) is 0 Å². The Morgan fingerprint density at radius 1 is 1.27 bits per heavy atom. The predicted molar refractivity (Wildman–Crippen MR) is 82.9 cm³/mol. The van der Waals surface area contributed by atoms with Crippen LogP contribution in [-0.2, 0) is 12.8 Å². The number of nitrogens with one attached hydrogen (secondary N) is 2. The number of hydrogen-bond acceptors (Lipinski definition) is 5. The van der Waals surface area contributed by atoms with E-state index in [0.717, 1.165) is 31.4 Å². The molecule has 7 heteroatoms. The number of fused-ring (bicyclic) bond motifs is 3. The molecule has 0 saturated heterocycles. The molecule has 4 rings (SSSR count). The summed E-state index contributed by atoms with van der Waals surface area (Å²) in [6, 6.07) is -0.231. The lowest BCUT2D eigenvalue weighted by Crippen LogP contribution is -2.42. The fraction of sp³-hybridized carbons (Fsp3) is 0.733. The molecule has 1 heterocycles. The number of thiazole rings is 1. The third-order valence-electron chi connectivity index (χ3n) is 5.40. The highest BCUT2D eigenvalue weighted by Gasteiger charge is 2.51. The number of carbonyl (C=O) groups is 1. The number of aliphatic hydroxyl groups is 2. The first-order chi connectivity index (χ1) is 10.6. The van der Waals surface area contributed by atoms with Crippen LogP contribution in [0.5, 0.6) is 0 Å². The van der Waals surface area contributed by atoms with Gasteiger partial charge in [0.1, 0.15) is 0 Å². The summed E-state index contributed by atoms with van der Waals surface area (Å²) in [5, 5.41) is 26.1. The van der Waals surface area contributed by atoms with Gasteiger partial charge in [0.15, 0.2) is 5.13 Å². The second-order valence-electron chi connectivity index (χ2n) is 6.71. The van der Waals surface area contributed by atoms with E-state index < -0.39 is 12.2 Å². The van der Waals surface area contributed by atoms with Gasteiger partial charge in [0.05, 0.1) is 17.9 Å². The van der Waals surface area contributed by atoms with Gasteiger partial charge in [-0.1, -0.05) is 0 Å². The predicted octanol–water partition coefficient (Wildman–Crippen LogP) is 1.13. The third kappa shape index (κ3) is 2.41. The van der Waals surface area contributed by atoms with E-state index in [1.165, 1.54) is 11.3 Å². The highest BCUT2D eigenvalue weighted by molar-refractivity contribution is 7.15. The van der Waals surface area contributed by atoms with E-state index in [0.29, 0.717) is 11.7 Å². The van der Waals surface area contributed by atoms with Crippen LogP contribution in [0.4, 0.5) is 9.93 Å². The van der Waals surface area contributed by atoms with Crippen LogP contribution in [0.2, 0.25) is 0 Å². The van der Waals surface area contributed by atoms with Gasteiger partial charge in [-0.2, -0.15) is 0 Å². The smallest absolute Gasteiger partial charge is 0.321 e. The Bertz CT molecular complexity index is 567. The summed E-state index contributed by atoms with van der Waals surface area (Å²) in [6.07, 6.45) is 3.80. The minimum Gasteiger partial charge on any atom is -0.390 e. The molecule has 2 saturated carbocycles. The van der Waals surface area contributed by atoms with Gasteiger partial charge in [0.25, 0.3) is 0 Å². The molecule has 0 unspecified atom stereocenters. The van der Waals surface area contributed by atoms with Crippen LogP contribution < -0.4 is 10.6 Å². The lowest BCUT2D eigenvalue weighted by molar-refractivity contribution is -0.0330. The van der Waals surface area contributed by atoms with Gasteiger partial charge in [-0.3, -0.25) is 5.32 Å². The Labute approximate surface area is 133 Å². The van der Waals surface area contributed by atoms with Crippen molar-refractivity contribution in [3.05, 3.63) is 10.6 Å². The maximum atomic E-state index is 12.0. The fourth-order valence-electron chi connectivity index (χ4n) is 4.27. The molecule has 3 aliphatic rings. The Balaban J connectivity index is 1.28. The maximum absolute atomic E-state index is 12.0. The SMILES string of the molecule is O=C(NC[C@H]1C[C@@H]2C[C@H]1[C@@H](O)[C@H]2O)Nc1nc2c(s1)CCC2. The van der Waals surface area contributed by atoms with Crippen molar-refractivity contribution in [1.29, 1.82) is 0 Å². The minimum absolute atomic E-state index is 0.115. The van der Waals surface area contributed by atoms with Crippen molar-refractivity contribution in [2.24, 2.45) is 17.8 Å². The molecule has 4 N–H and O–H groups in total. The van der Waals surface area contributed by atoms with E-state index in [-0.39, 0.29) is 23.8 Å². The second-order valence-corrected chi connectivity index (χ2v) is 7.80. The van der Waals surface area contributed by atoms with Crippen LogP contribution >= 0.6 is 11.3 Å². The zero-order valence-corrected chi connectivity index (χ0v) is 13.1. The van der Waals surface area contributed by atoms with Crippen molar-refractivity contribution < 1.29 is 15.0 Å². The monoisotopic (exact) mass is 323 g/mol. The van der Waals surface area contributed by atoms with E-state index in [1.807, 2.05) is 0 Å². The Morgan fingerprint density at radius 2 is 2.14 bits per heavy atom. The summed E-state index contributed by atoms with van der Waals surface area (Å²) < 4.78 is 0. The number of urea groups is 1. The molecule has 2 amide bonds. The summed E-state index contributed by atoms with van der Waals surface area (Å²) in [6.45, 7) is 0.544. The van der Waals surface area contributed by atoms with Gasteiger partial charge in [0.2, 0.25) is 0 Å². The number of aliphatic hydroxyl groups excluding tert-OH is 2. The van der Waals surface area contributed by atoms with Crippen molar-refractivity contribution in [2.45, 2.75) is 44.3 Å². The van der Waals surface area contributed by atoms with Gasteiger partial charge >= 0.3 is 6.03 Å². The third-order valence-corrected chi connectivity index (χ3v) is 6.47. The second kappa shape index (κ2) is 5.47. The highest BCUT2D eigenvalue weighted by Crippen LogP contribution is 2.48. The summed E-state index contributed by atoms with van der Waals surface area (Å²) in [5.74, 6) is 0.566. The van der Waals surface area contributed by atoms with E-state index in [9.17, 15) is 15.0 Å². The quantitative estimate of drug-likeness (QED) is 0.671. The molecule has 120 valence electrons. The minimum atomic E-state index is -0.629. The average molecular weight is 323 g/mol. The molecule has 0 radical (unpaired) electrons. The van der Waals surface area contributed by atoms with Crippen molar-refractivity contribution >= 4 is 22.5 Å². The molecule has 0 aliphatic heterocycles. The fourth-order valence-corrected chi connectivity index (χ4v) is 5.32. The van der Waals surface area contributed by atoms with Gasteiger partial charge in [-0.05, 0) is 49.9 Å². The van der Waals surface area contributed by atoms with Crippen LogP contribution in [0, 0.1) is 17.8 Å². The molecule has 22 heavy (non-hydrogen) atoms. The highest BCUT2D eigenvalue weighted by atomic mass is 32.1. The number of amides is 2. The lowest BCUT2D eigenvalue weighted by atomic mass is 9.85. The largest absolute Gasteiger partial charge is 0.390 e. The van der Waals surface area contributed by atoms with Gasteiger partial charge in [-0.25, -0.2) is 9.78 Å². The van der Waals surface area contributed by atoms with Crippen molar-refractivity contribution in [1.82, 2.24) is 10.3 Å². The molecule has 6 nitrogen and oxygen atoms in total. The molecule has 2 bridgehead atoms. The van der Waals surface area contributed by atoms with Crippen LogP contribution in [0.3, 0.4) is 0 Å². The van der Waals surface area contributed by atoms with Crippen molar-refractivity contribution in [2.75, 3.05) is 11.9 Å². The number of anilines is 1. The standard InChI is InChI=1S/C15H21N3O3S/c19-12-7-4-8(9(5-7)13(12)20)6-16-14(21)18-15-17-10-2-1-3-11(10)22-15/h7-9,12-13,19-20H,1-6H2,(H2,16,17,18,21)/t7-,8-,9-,12+,13-/m1/s1. The molecule has 1 aromatic heterocycles. The number of hydrogen-bond donors (Lipinski definition) is 4. The maximum Gasteiger partial charge on any atom is 0.321 e. The number of nitrogens with zero attached hydrogens (tertiary/aromatic N) is 1. The van der Waals surface area contributed by atoms with Crippen molar-refractivity contribution in [3.8, 4) is 0 Å². The molecule has 0 aromatic carbocycles. The summed E-state index contributed by atoms with van der Waals surface area (Å²) >= 11 is 1.57. The normalized spacial score (nSPS) is 35.6. The van der Waals surface area contributed by atoms with Gasteiger partial charge < -0.3 is 15.5 Å².